The molecule has 0 bridgehead atoms. The molecule has 0 aromatic carbocycles. The van der Waals surface area contributed by atoms with E-state index in [-0.39, 0.29) is 17.5 Å². The van der Waals surface area contributed by atoms with Gasteiger partial charge in [-0.2, -0.15) is 0 Å². The SMILES string of the molecule is CC(C)S(=O)(=O)CCN=C(N)N1CCN(c2ncccn2)CC1. The minimum atomic E-state index is -3.08. The molecule has 1 aliphatic rings. The smallest absolute Gasteiger partial charge is 0.225 e. The van der Waals surface area contributed by atoms with E-state index in [9.17, 15) is 8.42 Å². The van der Waals surface area contributed by atoms with Gasteiger partial charge >= 0.3 is 0 Å². The summed E-state index contributed by atoms with van der Waals surface area (Å²) >= 11 is 0. The first kappa shape index (κ1) is 17.5. The first-order chi connectivity index (χ1) is 10.9. The molecule has 0 radical (unpaired) electrons. The molecule has 0 atom stereocenters. The van der Waals surface area contributed by atoms with Gasteiger partial charge in [0.15, 0.2) is 15.8 Å². The lowest BCUT2D eigenvalue weighted by atomic mass is 10.3. The third kappa shape index (κ3) is 4.78. The Morgan fingerprint density at radius 3 is 2.43 bits per heavy atom. The number of piperazine rings is 1. The number of nitrogens with two attached hydrogens (primary N) is 1. The highest BCUT2D eigenvalue weighted by atomic mass is 32.2. The minimum absolute atomic E-state index is 0.0309. The Morgan fingerprint density at radius 1 is 1.26 bits per heavy atom. The van der Waals surface area contributed by atoms with Crippen LogP contribution < -0.4 is 10.6 Å². The van der Waals surface area contributed by atoms with Crippen molar-refractivity contribution in [1.82, 2.24) is 14.9 Å². The maximum atomic E-state index is 11.7. The van der Waals surface area contributed by atoms with Gasteiger partial charge in [-0.1, -0.05) is 0 Å². The maximum Gasteiger partial charge on any atom is 0.225 e. The molecule has 0 aliphatic carbocycles. The average Bonchev–Trinajstić information content (AvgIpc) is 2.55. The highest BCUT2D eigenvalue weighted by molar-refractivity contribution is 7.92. The van der Waals surface area contributed by atoms with Gasteiger partial charge in [0.1, 0.15) is 0 Å². The van der Waals surface area contributed by atoms with Crippen molar-refractivity contribution in [2.75, 3.05) is 43.4 Å². The summed E-state index contributed by atoms with van der Waals surface area (Å²) < 4.78 is 23.5. The van der Waals surface area contributed by atoms with E-state index in [1.54, 1.807) is 32.3 Å². The number of anilines is 1. The van der Waals surface area contributed by atoms with Crippen molar-refractivity contribution in [3.05, 3.63) is 18.5 Å². The zero-order valence-electron chi connectivity index (χ0n) is 13.6. The molecule has 2 rings (SSSR count). The number of sulfone groups is 1. The molecular formula is C14H24N6O2S. The summed E-state index contributed by atoms with van der Waals surface area (Å²) in [6.45, 7) is 6.49. The van der Waals surface area contributed by atoms with Gasteiger partial charge in [0.2, 0.25) is 5.95 Å². The largest absolute Gasteiger partial charge is 0.370 e. The van der Waals surface area contributed by atoms with Crippen LogP contribution in [0.3, 0.4) is 0 Å². The first-order valence-corrected chi connectivity index (χ1v) is 9.40. The summed E-state index contributed by atoms with van der Waals surface area (Å²) in [6, 6.07) is 1.79. The van der Waals surface area contributed by atoms with Crippen molar-refractivity contribution in [3.8, 4) is 0 Å². The molecule has 0 amide bonds. The van der Waals surface area contributed by atoms with Gasteiger partial charge in [-0.05, 0) is 19.9 Å². The van der Waals surface area contributed by atoms with Crippen molar-refractivity contribution < 1.29 is 8.42 Å². The Labute approximate surface area is 137 Å². The molecule has 0 spiro atoms. The van der Waals surface area contributed by atoms with E-state index < -0.39 is 9.84 Å². The van der Waals surface area contributed by atoms with Crippen LogP contribution in [0.1, 0.15) is 13.8 Å². The van der Waals surface area contributed by atoms with Crippen molar-refractivity contribution in [2.24, 2.45) is 10.7 Å². The molecule has 1 saturated heterocycles. The normalized spacial score (nSPS) is 16.9. The van der Waals surface area contributed by atoms with Gasteiger partial charge in [-0.15, -0.1) is 0 Å². The van der Waals surface area contributed by atoms with E-state index >= 15 is 0 Å². The molecule has 1 aliphatic heterocycles. The van der Waals surface area contributed by atoms with Gasteiger partial charge in [-0.25, -0.2) is 18.4 Å². The molecule has 1 aromatic heterocycles. The molecular weight excluding hydrogens is 316 g/mol. The average molecular weight is 340 g/mol. The monoisotopic (exact) mass is 340 g/mol. The fraction of sp³-hybridized carbons (Fsp3) is 0.643. The van der Waals surface area contributed by atoms with E-state index in [4.69, 9.17) is 5.73 Å². The summed E-state index contributed by atoms with van der Waals surface area (Å²) in [4.78, 5) is 16.7. The zero-order valence-corrected chi connectivity index (χ0v) is 14.4. The second-order valence-electron chi connectivity index (χ2n) is 5.68. The standard InChI is InChI=1S/C14H24N6O2S/c1-12(2)23(21,22)11-6-16-13(15)19-7-9-20(10-8-19)14-17-4-3-5-18-14/h3-5,12H,6-11H2,1-2H3,(H2,15,16). The Morgan fingerprint density at radius 2 is 1.87 bits per heavy atom. The molecule has 2 N–H and O–H groups in total. The molecule has 2 heterocycles. The number of guanidine groups is 1. The van der Waals surface area contributed by atoms with Gasteiger partial charge in [-0.3, -0.25) is 4.99 Å². The van der Waals surface area contributed by atoms with Crippen molar-refractivity contribution in [2.45, 2.75) is 19.1 Å². The van der Waals surface area contributed by atoms with Crippen LogP contribution in [-0.2, 0) is 9.84 Å². The molecule has 1 fully saturated rings. The fourth-order valence-electron chi connectivity index (χ4n) is 2.21. The summed E-state index contributed by atoms with van der Waals surface area (Å²) in [5, 5.41) is -0.381. The van der Waals surface area contributed by atoms with E-state index in [1.165, 1.54) is 0 Å². The van der Waals surface area contributed by atoms with Crippen LogP contribution in [0, 0.1) is 0 Å². The predicted octanol–water partition coefficient (Wildman–Crippen LogP) is -0.263. The lowest BCUT2D eigenvalue weighted by Gasteiger charge is -2.35. The minimum Gasteiger partial charge on any atom is -0.370 e. The van der Waals surface area contributed by atoms with Crippen LogP contribution in [0.2, 0.25) is 0 Å². The Balaban J connectivity index is 1.84. The van der Waals surface area contributed by atoms with Crippen molar-refractivity contribution in [3.63, 3.8) is 0 Å². The van der Waals surface area contributed by atoms with Crippen LogP contribution in [0.25, 0.3) is 0 Å². The number of nitrogens with zero attached hydrogens (tertiary/aromatic N) is 5. The van der Waals surface area contributed by atoms with E-state index in [0.29, 0.717) is 25.0 Å². The van der Waals surface area contributed by atoms with Crippen LogP contribution in [-0.4, -0.2) is 73.0 Å². The summed E-state index contributed by atoms with van der Waals surface area (Å²) in [6.07, 6.45) is 3.44. The maximum absolute atomic E-state index is 11.7. The Bertz CT molecular complexity index is 624. The van der Waals surface area contributed by atoms with Crippen LogP contribution in [0.5, 0.6) is 0 Å². The third-order valence-corrected chi connectivity index (χ3v) is 5.99. The van der Waals surface area contributed by atoms with Crippen LogP contribution >= 0.6 is 0 Å². The van der Waals surface area contributed by atoms with Gasteiger partial charge < -0.3 is 15.5 Å². The highest BCUT2D eigenvalue weighted by Crippen LogP contribution is 2.09. The number of aromatic nitrogens is 2. The molecule has 128 valence electrons. The molecule has 1 aromatic rings. The highest BCUT2D eigenvalue weighted by Gasteiger charge is 2.20. The Hall–Kier alpha value is -1.90. The first-order valence-electron chi connectivity index (χ1n) is 7.68. The number of hydrogen-bond donors (Lipinski definition) is 1. The van der Waals surface area contributed by atoms with Gasteiger partial charge in [0, 0.05) is 38.6 Å². The van der Waals surface area contributed by atoms with E-state index in [1.807, 2.05) is 4.90 Å². The van der Waals surface area contributed by atoms with Crippen LogP contribution in [0.4, 0.5) is 5.95 Å². The van der Waals surface area contributed by atoms with Crippen molar-refractivity contribution >= 4 is 21.7 Å². The van der Waals surface area contributed by atoms with E-state index in [0.717, 1.165) is 13.1 Å². The molecule has 23 heavy (non-hydrogen) atoms. The summed E-state index contributed by atoms with van der Waals surface area (Å²) in [5.74, 6) is 1.15. The van der Waals surface area contributed by atoms with Gasteiger partial charge in [0.05, 0.1) is 17.5 Å². The topological polar surface area (TPSA) is 105 Å². The van der Waals surface area contributed by atoms with Crippen molar-refractivity contribution in [1.29, 1.82) is 0 Å². The third-order valence-electron chi connectivity index (χ3n) is 3.81. The van der Waals surface area contributed by atoms with Crippen LogP contribution in [0.15, 0.2) is 23.5 Å². The summed E-state index contributed by atoms with van der Waals surface area (Å²) in [7, 11) is -3.08. The number of hydrogen-bond acceptors (Lipinski definition) is 6. The molecule has 9 heteroatoms. The van der Waals surface area contributed by atoms with E-state index in [2.05, 4.69) is 19.9 Å². The second-order valence-corrected chi connectivity index (χ2v) is 8.36. The number of aliphatic imine (C=N–C) groups is 1. The number of rotatable bonds is 5. The molecule has 0 unspecified atom stereocenters. The second kappa shape index (κ2) is 7.58. The fourth-order valence-corrected chi connectivity index (χ4v) is 3.03. The molecule has 8 nitrogen and oxygen atoms in total. The Kier molecular flexibility index (Phi) is 5.75. The lowest BCUT2D eigenvalue weighted by Crippen LogP contribution is -2.51. The summed E-state index contributed by atoms with van der Waals surface area (Å²) in [5.41, 5.74) is 5.97. The lowest BCUT2D eigenvalue weighted by molar-refractivity contribution is 0.378. The quantitative estimate of drug-likeness (QED) is 0.581. The zero-order chi connectivity index (χ0) is 16.9. The van der Waals surface area contributed by atoms with Gasteiger partial charge in [0.25, 0.3) is 0 Å². The molecule has 0 saturated carbocycles. The predicted molar refractivity (Wildman–Crippen MR) is 91.2 cm³/mol.